The molecule has 0 aliphatic carbocycles. The number of nitrogens with zero attached hydrogens (tertiary/aromatic N) is 2. The lowest BCUT2D eigenvalue weighted by Gasteiger charge is -2.38. The number of rotatable bonds is 10. The van der Waals surface area contributed by atoms with E-state index in [1.807, 2.05) is 144 Å². The van der Waals surface area contributed by atoms with Gasteiger partial charge in [-0.3, -0.25) is 4.79 Å². The first-order valence-corrected chi connectivity index (χ1v) is 16.3. The second kappa shape index (κ2) is 14.2. The molecule has 6 aromatic rings. The molecule has 0 amide bonds. The first-order valence-electron chi connectivity index (χ1n) is 15.9. The van der Waals surface area contributed by atoms with Crippen LogP contribution in [0.2, 0.25) is 5.02 Å². The Morgan fingerprint density at radius 2 is 1.14 bits per heavy atom. The van der Waals surface area contributed by atoms with Gasteiger partial charge in [-0.15, -0.1) is 0 Å². The third-order valence-corrected chi connectivity index (χ3v) is 8.47. The molecule has 1 N–H and O–H groups in total. The van der Waals surface area contributed by atoms with Crippen LogP contribution in [0, 0.1) is 5.41 Å². The van der Waals surface area contributed by atoms with Gasteiger partial charge in [0.15, 0.2) is 11.5 Å². The molecule has 0 aliphatic rings. The van der Waals surface area contributed by atoms with Gasteiger partial charge in [0.05, 0.1) is 11.7 Å². The molecule has 0 radical (unpaired) electrons. The fraction of sp³-hybridized carbons (Fsp3) is 0.146. The maximum atomic E-state index is 14.3. The average Bonchev–Trinajstić information content (AvgIpc) is 3.54. The number of hydrogen-bond acceptors (Lipinski definition) is 6. The number of esters is 2. The number of nitrogens with one attached hydrogen (secondary N) is 1. The summed E-state index contributed by atoms with van der Waals surface area (Å²) >= 11 is 6.09. The predicted octanol–water partition coefficient (Wildman–Crippen LogP) is 9.49. The lowest BCUT2D eigenvalue weighted by molar-refractivity contribution is -0.161. The van der Waals surface area contributed by atoms with Crippen molar-refractivity contribution in [1.82, 2.24) is 9.55 Å². The van der Waals surface area contributed by atoms with Crippen molar-refractivity contribution >= 4 is 35.0 Å². The van der Waals surface area contributed by atoms with Gasteiger partial charge in [0.1, 0.15) is 5.54 Å². The van der Waals surface area contributed by atoms with Crippen molar-refractivity contribution in [3.05, 3.63) is 173 Å². The number of ether oxygens (including phenoxy) is 2. The zero-order valence-corrected chi connectivity index (χ0v) is 28.2. The molecule has 0 aliphatic heterocycles. The van der Waals surface area contributed by atoms with E-state index in [1.54, 1.807) is 27.1 Å². The summed E-state index contributed by atoms with van der Waals surface area (Å²) in [6.07, 6.45) is 1.65. The smallest absolute Gasteiger partial charge is 0.361 e. The maximum absolute atomic E-state index is 14.3. The molecule has 1 aromatic heterocycles. The molecular weight excluding hydrogens is 634 g/mol. The van der Waals surface area contributed by atoms with E-state index in [-0.39, 0.29) is 11.5 Å². The summed E-state index contributed by atoms with van der Waals surface area (Å²) in [5.74, 6) is -0.926. The fourth-order valence-electron chi connectivity index (χ4n) is 5.79. The van der Waals surface area contributed by atoms with Gasteiger partial charge in [0.25, 0.3) is 0 Å². The summed E-state index contributed by atoms with van der Waals surface area (Å²) in [6.45, 7) is 4.66. The molecule has 0 spiro atoms. The summed E-state index contributed by atoms with van der Waals surface area (Å²) in [7, 11) is 0. The average molecular weight is 670 g/mol. The van der Waals surface area contributed by atoms with E-state index >= 15 is 0 Å². The largest absolute Gasteiger partial charge is 0.427 e. The van der Waals surface area contributed by atoms with Crippen LogP contribution in [0.5, 0.6) is 0 Å². The lowest BCUT2D eigenvalue weighted by atomic mass is 9.76. The molecule has 246 valence electrons. The SMILES string of the molecule is CC(C)(C)C(=O)OCOC(=O)c1c(Nc2ccc(-c3ccc(Cl)cc3)cc2)ncn1C(c1ccccc1)(c1ccccc1)c1ccccc1. The monoisotopic (exact) mass is 669 g/mol. The van der Waals surface area contributed by atoms with Gasteiger partial charge >= 0.3 is 11.9 Å². The van der Waals surface area contributed by atoms with Gasteiger partial charge < -0.3 is 19.4 Å². The Morgan fingerprint density at radius 3 is 1.61 bits per heavy atom. The summed E-state index contributed by atoms with van der Waals surface area (Å²) < 4.78 is 12.8. The van der Waals surface area contributed by atoms with Crippen molar-refractivity contribution in [1.29, 1.82) is 0 Å². The molecule has 5 aromatic carbocycles. The van der Waals surface area contributed by atoms with Crippen molar-refractivity contribution in [3.8, 4) is 11.1 Å². The quantitative estimate of drug-likeness (QED) is 0.0889. The predicted molar refractivity (Wildman–Crippen MR) is 193 cm³/mol. The Kier molecular flexibility index (Phi) is 9.65. The van der Waals surface area contributed by atoms with Gasteiger partial charge in [-0.2, -0.15) is 0 Å². The Balaban J connectivity index is 1.49. The van der Waals surface area contributed by atoms with Crippen LogP contribution in [-0.2, 0) is 19.8 Å². The topological polar surface area (TPSA) is 82.4 Å². The van der Waals surface area contributed by atoms with E-state index in [4.69, 9.17) is 26.1 Å². The van der Waals surface area contributed by atoms with E-state index in [1.165, 1.54) is 0 Å². The molecule has 8 heteroatoms. The number of carbonyl (C=O) groups excluding carboxylic acids is 2. The van der Waals surface area contributed by atoms with Crippen LogP contribution in [0.3, 0.4) is 0 Å². The van der Waals surface area contributed by atoms with E-state index in [0.717, 1.165) is 27.8 Å². The zero-order valence-electron chi connectivity index (χ0n) is 27.5. The van der Waals surface area contributed by atoms with Gasteiger partial charge in [-0.1, -0.05) is 127 Å². The van der Waals surface area contributed by atoms with Crippen LogP contribution < -0.4 is 5.32 Å². The molecule has 1 heterocycles. The highest BCUT2D eigenvalue weighted by Crippen LogP contribution is 2.43. The number of carbonyl (C=O) groups is 2. The van der Waals surface area contributed by atoms with Crippen LogP contribution >= 0.6 is 11.6 Å². The molecule has 49 heavy (non-hydrogen) atoms. The number of aromatic nitrogens is 2. The van der Waals surface area contributed by atoms with Crippen LogP contribution in [0.15, 0.2) is 146 Å². The van der Waals surface area contributed by atoms with E-state index in [0.29, 0.717) is 10.7 Å². The molecule has 6 rings (SSSR count). The summed E-state index contributed by atoms with van der Waals surface area (Å²) in [5, 5.41) is 4.02. The van der Waals surface area contributed by atoms with Gasteiger partial charge in [-0.25, -0.2) is 9.78 Å². The molecule has 0 saturated heterocycles. The molecular formula is C41H36ClN3O4. The molecule has 0 fully saturated rings. The molecule has 0 bridgehead atoms. The van der Waals surface area contributed by atoms with Crippen LogP contribution in [0.1, 0.15) is 48.0 Å². The normalized spacial score (nSPS) is 11.5. The number of anilines is 2. The van der Waals surface area contributed by atoms with Crippen LogP contribution in [0.4, 0.5) is 11.5 Å². The molecule has 0 atom stereocenters. The van der Waals surface area contributed by atoms with Gasteiger partial charge in [-0.05, 0) is 72.9 Å². The van der Waals surface area contributed by atoms with Crippen molar-refractivity contribution in [2.75, 3.05) is 12.1 Å². The zero-order chi connectivity index (χ0) is 34.4. The summed E-state index contributed by atoms with van der Waals surface area (Å²) in [6, 6.07) is 45.3. The van der Waals surface area contributed by atoms with Crippen molar-refractivity contribution in [2.45, 2.75) is 26.3 Å². The Bertz CT molecular complexity index is 1920. The van der Waals surface area contributed by atoms with E-state index < -0.39 is 29.7 Å². The minimum atomic E-state index is -1.05. The highest BCUT2D eigenvalue weighted by Gasteiger charge is 2.42. The molecule has 0 unspecified atom stereocenters. The highest BCUT2D eigenvalue weighted by molar-refractivity contribution is 6.30. The Morgan fingerprint density at radius 1 is 0.673 bits per heavy atom. The minimum absolute atomic E-state index is 0.144. The maximum Gasteiger partial charge on any atom is 0.361 e. The molecule has 7 nitrogen and oxygen atoms in total. The summed E-state index contributed by atoms with van der Waals surface area (Å²) in [4.78, 5) is 31.5. The fourth-order valence-corrected chi connectivity index (χ4v) is 5.92. The number of hydrogen-bond donors (Lipinski definition) is 1. The van der Waals surface area contributed by atoms with Gasteiger partial charge in [0, 0.05) is 10.7 Å². The standard InChI is InChI=1S/C41H36ClN3O4/c1-40(2,3)39(47)49-28-48-38(46)36-37(44-35-25-21-30(22-26-35)29-19-23-34(42)24-20-29)43-27-45(36)41(31-13-7-4-8-14-31,32-15-9-5-10-16-32)33-17-11-6-12-18-33/h4-27,44H,28H2,1-3H3. The number of imidazole rings is 1. The third-order valence-electron chi connectivity index (χ3n) is 8.21. The minimum Gasteiger partial charge on any atom is -0.427 e. The Hall–Kier alpha value is -5.66. The molecule has 0 saturated carbocycles. The van der Waals surface area contributed by atoms with Crippen molar-refractivity contribution in [3.63, 3.8) is 0 Å². The van der Waals surface area contributed by atoms with E-state index in [9.17, 15) is 9.59 Å². The van der Waals surface area contributed by atoms with Gasteiger partial charge in [0.2, 0.25) is 6.79 Å². The Labute approximate surface area is 291 Å². The summed E-state index contributed by atoms with van der Waals surface area (Å²) in [5.41, 5.74) is 3.77. The first kappa shape index (κ1) is 33.2. The second-order valence-corrected chi connectivity index (χ2v) is 13.0. The third kappa shape index (κ3) is 6.98. The number of benzene rings is 5. The van der Waals surface area contributed by atoms with Crippen LogP contribution in [-0.4, -0.2) is 28.3 Å². The van der Waals surface area contributed by atoms with Crippen molar-refractivity contribution < 1.29 is 19.1 Å². The van der Waals surface area contributed by atoms with Crippen LogP contribution in [0.25, 0.3) is 11.1 Å². The second-order valence-electron chi connectivity index (χ2n) is 12.6. The van der Waals surface area contributed by atoms with E-state index in [2.05, 4.69) is 5.32 Å². The number of halogens is 1. The highest BCUT2D eigenvalue weighted by atomic mass is 35.5. The first-order chi connectivity index (χ1) is 23.7. The van der Waals surface area contributed by atoms with Crippen molar-refractivity contribution in [2.24, 2.45) is 5.41 Å². The lowest BCUT2D eigenvalue weighted by Crippen LogP contribution is -2.39.